The van der Waals surface area contributed by atoms with Crippen LogP contribution in [-0.4, -0.2) is 21.3 Å². The first-order valence-electron chi connectivity index (χ1n) is 9.17. The number of nitrogens with one attached hydrogen (secondary N) is 1. The zero-order valence-electron chi connectivity index (χ0n) is 15.6. The molecule has 3 saturated carbocycles. The summed E-state index contributed by atoms with van der Waals surface area (Å²) in [5.74, 6) is 3.13. The number of ether oxygens (including phenoxy) is 1. The van der Waals surface area contributed by atoms with Crippen LogP contribution in [0, 0.1) is 28.6 Å². The van der Waals surface area contributed by atoms with Crippen LogP contribution < -0.4 is 4.74 Å². The van der Waals surface area contributed by atoms with E-state index in [4.69, 9.17) is 27.9 Å². The molecule has 1 aromatic heterocycles. The summed E-state index contributed by atoms with van der Waals surface area (Å²) in [6.45, 7) is 9.49. The molecule has 140 valence electrons. The first kappa shape index (κ1) is 18.1. The second-order valence-corrected chi connectivity index (χ2v) is 9.78. The Labute approximate surface area is 164 Å². The van der Waals surface area contributed by atoms with E-state index >= 15 is 0 Å². The van der Waals surface area contributed by atoms with E-state index < -0.39 is 0 Å². The van der Waals surface area contributed by atoms with Crippen LogP contribution >= 0.6 is 23.2 Å². The lowest BCUT2D eigenvalue weighted by Gasteiger charge is -2.69. The summed E-state index contributed by atoms with van der Waals surface area (Å²) in [7, 11) is 0. The van der Waals surface area contributed by atoms with Crippen molar-refractivity contribution in [3.05, 3.63) is 40.4 Å². The van der Waals surface area contributed by atoms with Gasteiger partial charge in [-0.3, -0.25) is 5.10 Å². The van der Waals surface area contributed by atoms with Gasteiger partial charge in [0.1, 0.15) is 24.0 Å². The molecule has 4 atom stereocenters. The Morgan fingerprint density at radius 1 is 1.19 bits per heavy atom. The number of hydrogen-bond acceptors (Lipinski definition) is 3. The van der Waals surface area contributed by atoms with Gasteiger partial charge in [0, 0.05) is 23.3 Å². The molecule has 6 heteroatoms. The lowest BCUT2D eigenvalue weighted by atomic mass is 9.37. The smallest absolute Gasteiger partial charge is 0.138 e. The highest BCUT2D eigenvalue weighted by molar-refractivity contribution is 6.35. The van der Waals surface area contributed by atoms with E-state index in [1.165, 1.54) is 6.42 Å². The molecule has 0 radical (unpaired) electrons. The highest BCUT2D eigenvalue weighted by atomic mass is 35.5. The van der Waals surface area contributed by atoms with E-state index in [1.807, 2.05) is 12.1 Å². The van der Waals surface area contributed by atoms with Gasteiger partial charge in [0.2, 0.25) is 0 Å². The molecule has 4 nitrogen and oxygen atoms in total. The maximum atomic E-state index is 6.57. The molecule has 3 aliphatic rings. The molecule has 2 aromatic rings. The molecular weight excluding hydrogens is 369 g/mol. The molecule has 4 unspecified atom stereocenters. The van der Waals surface area contributed by atoms with Crippen molar-refractivity contribution in [1.82, 2.24) is 15.2 Å². The topological polar surface area (TPSA) is 50.8 Å². The van der Waals surface area contributed by atoms with Crippen LogP contribution in [0.15, 0.2) is 24.5 Å². The Bertz CT molecular complexity index is 803. The van der Waals surface area contributed by atoms with Crippen LogP contribution in [0.25, 0.3) is 0 Å². The maximum Gasteiger partial charge on any atom is 0.138 e. The molecule has 0 aliphatic heterocycles. The fraction of sp³-hybridized carbons (Fsp3) is 0.600. The van der Waals surface area contributed by atoms with E-state index in [1.54, 1.807) is 12.4 Å². The van der Waals surface area contributed by atoms with Crippen molar-refractivity contribution < 1.29 is 4.74 Å². The minimum Gasteiger partial charge on any atom is -0.488 e. The van der Waals surface area contributed by atoms with Gasteiger partial charge in [0.15, 0.2) is 0 Å². The number of aromatic amines is 1. The Balaban J connectivity index is 1.69. The quantitative estimate of drug-likeness (QED) is 0.753. The monoisotopic (exact) mass is 393 g/mol. The summed E-state index contributed by atoms with van der Waals surface area (Å²) >= 11 is 12.5. The van der Waals surface area contributed by atoms with Gasteiger partial charge in [0.25, 0.3) is 0 Å². The number of hydrogen-bond donors (Lipinski definition) is 1. The maximum absolute atomic E-state index is 6.57. The summed E-state index contributed by atoms with van der Waals surface area (Å²) < 4.78 is 6.57. The van der Waals surface area contributed by atoms with E-state index in [0.717, 1.165) is 12.2 Å². The molecule has 0 spiro atoms. The lowest BCUT2D eigenvalue weighted by molar-refractivity contribution is -0.229. The van der Waals surface area contributed by atoms with Crippen molar-refractivity contribution >= 4 is 23.2 Å². The second kappa shape index (κ2) is 6.13. The Morgan fingerprint density at radius 3 is 2.58 bits per heavy atom. The fourth-order valence-electron chi connectivity index (χ4n) is 5.54. The van der Waals surface area contributed by atoms with E-state index in [0.29, 0.717) is 33.5 Å². The Hall–Kier alpha value is -1.26. The number of H-pyrrole nitrogens is 1. The van der Waals surface area contributed by atoms with Crippen molar-refractivity contribution in [2.24, 2.45) is 28.6 Å². The molecule has 5 rings (SSSR count). The van der Waals surface area contributed by atoms with Gasteiger partial charge in [-0.25, -0.2) is 4.98 Å². The predicted molar refractivity (Wildman–Crippen MR) is 104 cm³/mol. The summed E-state index contributed by atoms with van der Waals surface area (Å²) in [5, 5.41) is 8.21. The molecule has 0 amide bonds. The van der Waals surface area contributed by atoms with Gasteiger partial charge in [0.05, 0.1) is 5.02 Å². The normalized spacial score (nSPS) is 31.3. The Morgan fingerprint density at radius 2 is 1.96 bits per heavy atom. The standard InChI is InChI=1S/C20H25Cl2N3O/c1-19(2)12-8-16(19)20(3,4)13(9-17-23-10-24-25-17)18(12)26-15-6-5-11(21)7-14(15)22/h5-7,10,12-13,16,18H,8-9H2,1-4H3,(H,23,24,25). The van der Waals surface area contributed by atoms with Crippen molar-refractivity contribution in [1.29, 1.82) is 0 Å². The average molecular weight is 394 g/mol. The molecule has 1 aromatic carbocycles. The highest BCUT2D eigenvalue weighted by Gasteiger charge is 2.66. The summed E-state index contributed by atoms with van der Waals surface area (Å²) in [6, 6.07) is 5.45. The van der Waals surface area contributed by atoms with Gasteiger partial charge < -0.3 is 4.74 Å². The molecule has 0 saturated heterocycles. The number of fused-ring (bicyclic) bond motifs is 2. The third-order valence-corrected chi connectivity index (χ3v) is 7.56. The zero-order valence-corrected chi connectivity index (χ0v) is 17.1. The molecule has 26 heavy (non-hydrogen) atoms. The van der Waals surface area contributed by atoms with Crippen LogP contribution in [0.5, 0.6) is 5.75 Å². The summed E-state index contributed by atoms with van der Waals surface area (Å²) in [6.07, 6.45) is 3.67. The van der Waals surface area contributed by atoms with Gasteiger partial charge in [-0.1, -0.05) is 50.9 Å². The fourth-order valence-corrected chi connectivity index (χ4v) is 5.99. The number of halogens is 2. The Kier molecular flexibility index (Phi) is 4.27. The van der Waals surface area contributed by atoms with Crippen LogP contribution in [0.3, 0.4) is 0 Å². The first-order chi connectivity index (χ1) is 12.2. The number of benzene rings is 1. The van der Waals surface area contributed by atoms with Crippen LogP contribution in [-0.2, 0) is 6.42 Å². The zero-order chi connectivity index (χ0) is 18.7. The number of aromatic nitrogens is 3. The van der Waals surface area contributed by atoms with Crippen molar-refractivity contribution in [3.8, 4) is 5.75 Å². The summed E-state index contributed by atoms with van der Waals surface area (Å²) in [5.41, 5.74) is 0.388. The second-order valence-electron chi connectivity index (χ2n) is 8.94. The molecule has 1 heterocycles. The minimum atomic E-state index is 0.0776. The van der Waals surface area contributed by atoms with E-state index in [-0.39, 0.29) is 16.9 Å². The lowest BCUT2D eigenvalue weighted by Crippen LogP contribution is -2.67. The van der Waals surface area contributed by atoms with E-state index in [2.05, 4.69) is 42.9 Å². The van der Waals surface area contributed by atoms with Crippen LogP contribution in [0.1, 0.15) is 39.9 Å². The van der Waals surface area contributed by atoms with Gasteiger partial charge in [-0.2, -0.15) is 5.10 Å². The minimum absolute atomic E-state index is 0.0776. The SMILES string of the molecule is CC1(C)C(Cc2ncn[nH]2)C(Oc2ccc(Cl)cc2Cl)C2CC1C2(C)C. The van der Waals surface area contributed by atoms with Gasteiger partial charge in [-0.15, -0.1) is 0 Å². The average Bonchev–Trinajstić information content (AvgIpc) is 3.05. The molecule has 1 N–H and O–H groups in total. The van der Waals surface area contributed by atoms with Crippen LogP contribution in [0.2, 0.25) is 10.0 Å². The highest BCUT2D eigenvalue weighted by Crippen LogP contribution is 2.68. The molecule has 3 aliphatic carbocycles. The number of rotatable bonds is 4. The van der Waals surface area contributed by atoms with Crippen molar-refractivity contribution in [2.45, 2.75) is 46.6 Å². The van der Waals surface area contributed by atoms with Crippen molar-refractivity contribution in [2.75, 3.05) is 0 Å². The molecule has 3 fully saturated rings. The van der Waals surface area contributed by atoms with Gasteiger partial charge in [-0.05, 0) is 41.4 Å². The van der Waals surface area contributed by atoms with E-state index in [9.17, 15) is 0 Å². The molecule has 2 bridgehead atoms. The third-order valence-electron chi connectivity index (χ3n) is 7.03. The first-order valence-corrected chi connectivity index (χ1v) is 9.93. The molecular formula is C20H25Cl2N3O. The van der Waals surface area contributed by atoms with Crippen molar-refractivity contribution in [3.63, 3.8) is 0 Å². The predicted octanol–water partition coefficient (Wildman–Crippen LogP) is 5.42. The van der Waals surface area contributed by atoms with Crippen LogP contribution in [0.4, 0.5) is 0 Å². The summed E-state index contributed by atoms with van der Waals surface area (Å²) in [4.78, 5) is 4.36. The van der Waals surface area contributed by atoms with Gasteiger partial charge >= 0.3 is 0 Å². The largest absolute Gasteiger partial charge is 0.488 e. The third kappa shape index (κ3) is 2.73. The number of nitrogens with zero attached hydrogens (tertiary/aromatic N) is 2.